The Labute approximate surface area is 144 Å². The van der Waals surface area contributed by atoms with Crippen molar-refractivity contribution in [3.8, 4) is 0 Å². The van der Waals surface area contributed by atoms with Crippen LogP contribution in [0.4, 0.5) is 19.0 Å². The van der Waals surface area contributed by atoms with Crippen LogP contribution in [0.25, 0.3) is 0 Å². The number of nitrogens with zero attached hydrogens (tertiary/aromatic N) is 3. The Morgan fingerprint density at radius 2 is 1.92 bits per heavy atom. The summed E-state index contributed by atoms with van der Waals surface area (Å²) in [5.74, 6) is 0.280. The van der Waals surface area contributed by atoms with Gasteiger partial charge in [-0.2, -0.15) is 13.2 Å². The number of hydrogen-bond donors (Lipinski definition) is 2. The molecule has 2 aliphatic rings. The SMILES string of the molecule is O=C1NCCCCC1N1CCC(Nc2cc(C(F)(F)F)ncn2)CC1. The van der Waals surface area contributed by atoms with Gasteiger partial charge < -0.3 is 10.6 Å². The molecule has 9 heteroatoms. The van der Waals surface area contributed by atoms with Crippen molar-refractivity contribution in [2.45, 2.75) is 50.4 Å². The zero-order chi connectivity index (χ0) is 17.9. The molecule has 25 heavy (non-hydrogen) atoms. The molecular weight excluding hydrogens is 335 g/mol. The lowest BCUT2D eigenvalue weighted by Gasteiger charge is -2.36. The van der Waals surface area contributed by atoms with Crippen LogP contribution in [0, 0.1) is 0 Å². The van der Waals surface area contributed by atoms with E-state index in [1.807, 2.05) is 0 Å². The summed E-state index contributed by atoms with van der Waals surface area (Å²) in [4.78, 5) is 21.5. The highest BCUT2D eigenvalue weighted by Crippen LogP contribution is 2.28. The van der Waals surface area contributed by atoms with E-state index in [4.69, 9.17) is 0 Å². The molecule has 138 valence electrons. The van der Waals surface area contributed by atoms with Gasteiger partial charge in [0.05, 0.1) is 6.04 Å². The second kappa shape index (κ2) is 7.55. The number of alkyl halides is 3. The Morgan fingerprint density at radius 3 is 2.64 bits per heavy atom. The van der Waals surface area contributed by atoms with Gasteiger partial charge >= 0.3 is 6.18 Å². The van der Waals surface area contributed by atoms with Gasteiger partial charge in [0.25, 0.3) is 0 Å². The summed E-state index contributed by atoms with van der Waals surface area (Å²) in [5.41, 5.74) is -0.947. The molecule has 0 spiro atoms. The highest BCUT2D eigenvalue weighted by Gasteiger charge is 2.33. The van der Waals surface area contributed by atoms with Crippen LogP contribution in [0.2, 0.25) is 0 Å². The minimum Gasteiger partial charge on any atom is -0.367 e. The summed E-state index contributed by atoms with van der Waals surface area (Å²) in [7, 11) is 0. The summed E-state index contributed by atoms with van der Waals surface area (Å²) >= 11 is 0. The molecule has 1 amide bonds. The Hall–Kier alpha value is -1.90. The molecule has 2 N–H and O–H groups in total. The van der Waals surface area contributed by atoms with Crippen molar-refractivity contribution in [1.29, 1.82) is 0 Å². The van der Waals surface area contributed by atoms with Crippen molar-refractivity contribution in [3.05, 3.63) is 18.1 Å². The molecule has 3 heterocycles. The van der Waals surface area contributed by atoms with E-state index in [0.717, 1.165) is 64.1 Å². The van der Waals surface area contributed by atoms with E-state index >= 15 is 0 Å². The van der Waals surface area contributed by atoms with Crippen molar-refractivity contribution in [2.75, 3.05) is 25.0 Å². The molecule has 0 bridgehead atoms. The molecular formula is C16H22F3N5O. The third-order valence-corrected chi connectivity index (χ3v) is 4.79. The maximum atomic E-state index is 12.7. The van der Waals surface area contributed by atoms with Gasteiger partial charge in [0.2, 0.25) is 5.91 Å². The number of likely N-dealkylation sites (tertiary alicyclic amines) is 1. The van der Waals surface area contributed by atoms with E-state index < -0.39 is 11.9 Å². The van der Waals surface area contributed by atoms with Gasteiger partial charge in [-0.05, 0) is 32.1 Å². The number of halogens is 3. The van der Waals surface area contributed by atoms with Gasteiger partial charge in [0.1, 0.15) is 17.8 Å². The number of aromatic nitrogens is 2. The van der Waals surface area contributed by atoms with Gasteiger partial charge in [-0.15, -0.1) is 0 Å². The second-order valence-electron chi connectivity index (χ2n) is 6.54. The number of rotatable bonds is 3. The molecule has 0 aliphatic carbocycles. The maximum absolute atomic E-state index is 12.7. The van der Waals surface area contributed by atoms with Crippen molar-refractivity contribution < 1.29 is 18.0 Å². The fourth-order valence-electron chi connectivity index (χ4n) is 3.43. The van der Waals surface area contributed by atoms with E-state index in [0.29, 0.717) is 0 Å². The minimum absolute atomic E-state index is 0.0427. The van der Waals surface area contributed by atoms with Crippen molar-refractivity contribution >= 4 is 11.7 Å². The average Bonchev–Trinajstić information content (AvgIpc) is 2.80. The maximum Gasteiger partial charge on any atom is 0.433 e. The largest absolute Gasteiger partial charge is 0.433 e. The van der Waals surface area contributed by atoms with Crippen LogP contribution < -0.4 is 10.6 Å². The fourth-order valence-corrected chi connectivity index (χ4v) is 3.43. The smallest absolute Gasteiger partial charge is 0.367 e. The van der Waals surface area contributed by atoms with E-state index in [-0.39, 0.29) is 23.8 Å². The van der Waals surface area contributed by atoms with Gasteiger partial charge in [0.15, 0.2) is 0 Å². The van der Waals surface area contributed by atoms with Crippen LogP contribution in [0.15, 0.2) is 12.4 Å². The molecule has 1 aromatic rings. The van der Waals surface area contributed by atoms with E-state index in [9.17, 15) is 18.0 Å². The van der Waals surface area contributed by atoms with E-state index in [2.05, 4.69) is 25.5 Å². The first kappa shape index (κ1) is 17.9. The van der Waals surface area contributed by atoms with E-state index in [1.54, 1.807) is 0 Å². The fraction of sp³-hybridized carbons (Fsp3) is 0.688. The van der Waals surface area contributed by atoms with Crippen LogP contribution in [-0.4, -0.2) is 52.5 Å². The number of carbonyl (C=O) groups is 1. The predicted octanol–water partition coefficient (Wildman–Crippen LogP) is 2.04. The monoisotopic (exact) mass is 357 g/mol. The number of hydrogen-bond acceptors (Lipinski definition) is 5. The number of carbonyl (C=O) groups excluding carboxylic acids is 1. The average molecular weight is 357 g/mol. The molecule has 2 fully saturated rings. The zero-order valence-electron chi connectivity index (χ0n) is 13.9. The van der Waals surface area contributed by atoms with Gasteiger partial charge in [-0.25, -0.2) is 9.97 Å². The first-order valence-electron chi connectivity index (χ1n) is 8.61. The zero-order valence-corrected chi connectivity index (χ0v) is 13.9. The molecule has 0 saturated carbocycles. The summed E-state index contributed by atoms with van der Waals surface area (Å²) < 4.78 is 38.1. The standard InChI is InChI=1S/C16H22F3N5O/c17-16(18,19)13-9-14(22-10-21-13)23-11-4-7-24(8-5-11)12-3-1-2-6-20-15(12)25/h9-12H,1-8H2,(H,20,25)(H,21,22,23). The van der Waals surface area contributed by atoms with Crippen LogP contribution in [0.1, 0.15) is 37.8 Å². The lowest BCUT2D eigenvalue weighted by Crippen LogP contribution is -2.50. The van der Waals surface area contributed by atoms with Gasteiger partial charge in [-0.1, -0.05) is 0 Å². The lowest BCUT2D eigenvalue weighted by atomic mass is 10.0. The lowest BCUT2D eigenvalue weighted by molar-refractivity contribution is -0.141. The van der Waals surface area contributed by atoms with Crippen LogP contribution in [0.3, 0.4) is 0 Å². The van der Waals surface area contributed by atoms with Gasteiger partial charge in [0, 0.05) is 31.7 Å². The van der Waals surface area contributed by atoms with Gasteiger partial charge in [-0.3, -0.25) is 9.69 Å². The molecule has 3 rings (SSSR count). The topological polar surface area (TPSA) is 70.2 Å². The molecule has 6 nitrogen and oxygen atoms in total. The summed E-state index contributed by atoms with van der Waals surface area (Å²) in [6, 6.07) is 0.894. The first-order valence-corrected chi connectivity index (χ1v) is 8.61. The summed E-state index contributed by atoms with van der Waals surface area (Å²) in [6.07, 6.45) is 0.874. The van der Waals surface area contributed by atoms with Crippen molar-refractivity contribution in [3.63, 3.8) is 0 Å². The predicted molar refractivity (Wildman–Crippen MR) is 85.9 cm³/mol. The van der Waals surface area contributed by atoms with E-state index in [1.165, 1.54) is 0 Å². The van der Waals surface area contributed by atoms with Crippen molar-refractivity contribution in [2.24, 2.45) is 0 Å². The number of anilines is 1. The third-order valence-electron chi connectivity index (χ3n) is 4.79. The van der Waals surface area contributed by atoms with Crippen LogP contribution in [-0.2, 0) is 11.0 Å². The quantitative estimate of drug-likeness (QED) is 0.866. The second-order valence-corrected chi connectivity index (χ2v) is 6.54. The summed E-state index contributed by atoms with van der Waals surface area (Å²) in [6.45, 7) is 2.22. The third kappa shape index (κ3) is 4.59. The van der Waals surface area contributed by atoms with Crippen molar-refractivity contribution in [1.82, 2.24) is 20.2 Å². The Balaban J connectivity index is 1.55. The minimum atomic E-state index is -4.48. The molecule has 0 radical (unpaired) electrons. The Morgan fingerprint density at radius 1 is 1.16 bits per heavy atom. The molecule has 0 aromatic carbocycles. The summed E-state index contributed by atoms with van der Waals surface area (Å²) in [5, 5.41) is 6.01. The first-order chi connectivity index (χ1) is 11.9. The normalized spacial score (nSPS) is 23.8. The molecule has 2 aliphatic heterocycles. The van der Waals surface area contributed by atoms with Crippen LogP contribution >= 0.6 is 0 Å². The number of amides is 1. The Bertz CT molecular complexity index is 602. The molecule has 1 aromatic heterocycles. The highest BCUT2D eigenvalue weighted by molar-refractivity contribution is 5.81. The Kier molecular flexibility index (Phi) is 5.41. The molecule has 2 saturated heterocycles. The molecule has 1 atom stereocenters. The van der Waals surface area contributed by atoms with Crippen LogP contribution in [0.5, 0.6) is 0 Å². The number of piperidine rings is 1. The number of nitrogens with one attached hydrogen (secondary N) is 2. The highest BCUT2D eigenvalue weighted by atomic mass is 19.4. The molecule has 1 unspecified atom stereocenters.